The molecule has 3 N–H and O–H groups in total. The van der Waals surface area contributed by atoms with E-state index in [2.05, 4.69) is 34.1 Å². The van der Waals surface area contributed by atoms with Gasteiger partial charge in [-0.05, 0) is 36.6 Å². The molecule has 0 radical (unpaired) electrons. The number of para-hydroxylation sites is 1. The number of carbonyl (C=O) groups excluding carboxylic acids is 1. The van der Waals surface area contributed by atoms with Gasteiger partial charge in [0.25, 0.3) is 0 Å². The van der Waals surface area contributed by atoms with Crippen molar-refractivity contribution in [2.45, 2.75) is 39.3 Å². The van der Waals surface area contributed by atoms with Gasteiger partial charge in [-0.15, -0.1) is 0 Å². The predicted molar refractivity (Wildman–Crippen MR) is 117 cm³/mol. The maximum Gasteiger partial charge on any atom is 0.225 e. The topological polar surface area (TPSA) is 74.8 Å². The van der Waals surface area contributed by atoms with E-state index in [4.69, 9.17) is 9.73 Å². The summed E-state index contributed by atoms with van der Waals surface area (Å²) >= 11 is 0. The van der Waals surface area contributed by atoms with Crippen LogP contribution < -0.4 is 16.0 Å². The van der Waals surface area contributed by atoms with Crippen molar-refractivity contribution < 1.29 is 9.53 Å². The van der Waals surface area contributed by atoms with E-state index in [0.717, 1.165) is 34.9 Å². The molecule has 0 fully saturated rings. The largest absolute Gasteiger partial charge is 0.377 e. The van der Waals surface area contributed by atoms with Crippen molar-refractivity contribution in [1.82, 2.24) is 10.6 Å². The van der Waals surface area contributed by atoms with E-state index in [-0.39, 0.29) is 11.8 Å². The van der Waals surface area contributed by atoms with Crippen molar-refractivity contribution in [2.75, 3.05) is 25.0 Å². The van der Waals surface area contributed by atoms with Gasteiger partial charge < -0.3 is 20.7 Å². The molecule has 6 nitrogen and oxygen atoms in total. The molecule has 1 amide bonds. The summed E-state index contributed by atoms with van der Waals surface area (Å²) in [6.45, 7) is 7.32. The molecule has 0 bridgehead atoms. The van der Waals surface area contributed by atoms with Crippen molar-refractivity contribution in [3.63, 3.8) is 0 Å². The molecule has 154 valence electrons. The third-order valence-electron chi connectivity index (χ3n) is 4.95. The summed E-state index contributed by atoms with van der Waals surface area (Å²) in [7, 11) is 0. The number of fused-ring (bicyclic) bond motifs is 1. The molecule has 3 rings (SSSR count). The molecule has 1 heterocycles. The highest BCUT2D eigenvalue weighted by Crippen LogP contribution is 2.31. The van der Waals surface area contributed by atoms with Gasteiger partial charge in [-0.1, -0.05) is 42.5 Å². The zero-order chi connectivity index (χ0) is 20.5. The molecule has 1 atom stereocenters. The van der Waals surface area contributed by atoms with Crippen LogP contribution in [0, 0.1) is 0 Å². The van der Waals surface area contributed by atoms with Gasteiger partial charge in [0.1, 0.15) is 0 Å². The van der Waals surface area contributed by atoms with Gasteiger partial charge in [-0.3, -0.25) is 4.79 Å². The quantitative estimate of drug-likeness (QED) is 0.474. The fraction of sp³-hybridized carbons (Fsp3) is 0.391. The first-order chi connectivity index (χ1) is 14.2. The Morgan fingerprint density at radius 2 is 1.86 bits per heavy atom. The van der Waals surface area contributed by atoms with Gasteiger partial charge in [0.15, 0.2) is 5.96 Å². The zero-order valence-electron chi connectivity index (χ0n) is 17.2. The minimum Gasteiger partial charge on any atom is -0.377 e. The Balaban J connectivity index is 1.67. The van der Waals surface area contributed by atoms with Crippen LogP contribution in [0.15, 0.2) is 53.5 Å². The number of amides is 1. The minimum absolute atomic E-state index is 0.0577. The number of hydrogen-bond donors (Lipinski definition) is 3. The zero-order valence-corrected chi connectivity index (χ0v) is 17.2. The standard InChI is InChI=1S/C23H30N4O2/c1-3-24-23(25-14-17-9-5-6-10-18(17)16-29-4-2)26-15-19-13-22(28)27-21-12-8-7-11-20(19)21/h5-12,19H,3-4,13-16H2,1-2H3,(H,27,28)(H2,24,25,26). The Hall–Kier alpha value is -2.86. The van der Waals surface area contributed by atoms with Crippen molar-refractivity contribution in [1.29, 1.82) is 0 Å². The van der Waals surface area contributed by atoms with Crippen LogP contribution in [0.4, 0.5) is 5.69 Å². The van der Waals surface area contributed by atoms with Crippen LogP contribution in [0.2, 0.25) is 0 Å². The van der Waals surface area contributed by atoms with E-state index < -0.39 is 0 Å². The average molecular weight is 395 g/mol. The molecule has 0 saturated carbocycles. The van der Waals surface area contributed by atoms with Crippen LogP contribution in [0.3, 0.4) is 0 Å². The number of anilines is 1. The molecule has 1 aliphatic heterocycles. The number of guanidine groups is 1. The van der Waals surface area contributed by atoms with E-state index >= 15 is 0 Å². The molecular weight excluding hydrogens is 364 g/mol. The predicted octanol–water partition coefficient (Wildman–Crippen LogP) is 3.40. The molecule has 1 aliphatic rings. The second kappa shape index (κ2) is 10.6. The number of ether oxygens (including phenoxy) is 1. The lowest BCUT2D eigenvalue weighted by molar-refractivity contribution is -0.116. The van der Waals surface area contributed by atoms with Gasteiger partial charge in [-0.25, -0.2) is 4.99 Å². The molecule has 1 unspecified atom stereocenters. The number of rotatable bonds is 8. The Labute approximate surface area is 172 Å². The normalized spacial score (nSPS) is 16.1. The van der Waals surface area contributed by atoms with Crippen LogP contribution in [0.1, 0.15) is 42.9 Å². The van der Waals surface area contributed by atoms with E-state index in [0.29, 0.717) is 32.7 Å². The van der Waals surface area contributed by atoms with Crippen LogP contribution in [0.25, 0.3) is 0 Å². The maximum absolute atomic E-state index is 12.0. The first-order valence-corrected chi connectivity index (χ1v) is 10.3. The van der Waals surface area contributed by atoms with Gasteiger partial charge >= 0.3 is 0 Å². The number of aliphatic imine (C=N–C) groups is 1. The summed E-state index contributed by atoms with van der Waals surface area (Å²) in [5.74, 6) is 0.929. The third kappa shape index (κ3) is 5.81. The number of nitrogens with one attached hydrogen (secondary N) is 3. The SMILES string of the molecule is CCNC(=NCc1ccccc1COCC)NCC1CC(=O)Nc2ccccc21. The first kappa shape index (κ1) is 20.9. The molecule has 29 heavy (non-hydrogen) atoms. The van der Waals surface area contributed by atoms with Gasteiger partial charge in [0.2, 0.25) is 5.91 Å². The Bertz CT molecular complexity index is 850. The van der Waals surface area contributed by atoms with E-state index in [1.807, 2.05) is 44.2 Å². The summed E-state index contributed by atoms with van der Waals surface area (Å²) in [5, 5.41) is 9.66. The van der Waals surface area contributed by atoms with Crippen LogP contribution in [-0.2, 0) is 22.7 Å². The Kier molecular flexibility index (Phi) is 7.64. The average Bonchev–Trinajstić information content (AvgIpc) is 2.74. The molecule has 0 aromatic heterocycles. The summed E-state index contributed by atoms with van der Waals surface area (Å²) < 4.78 is 5.57. The van der Waals surface area contributed by atoms with Gasteiger partial charge in [0, 0.05) is 37.7 Å². The van der Waals surface area contributed by atoms with Crippen molar-refractivity contribution >= 4 is 17.6 Å². The highest BCUT2D eigenvalue weighted by atomic mass is 16.5. The molecule has 0 spiro atoms. The van der Waals surface area contributed by atoms with E-state index in [9.17, 15) is 4.79 Å². The van der Waals surface area contributed by atoms with Crippen LogP contribution in [-0.4, -0.2) is 31.6 Å². The Morgan fingerprint density at radius 3 is 2.66 bits per heavy atom. The fourth-order valence-electron chi connectivity index (χ4n) is 3.47. The number of carbonyl (C=O) groups is 1. The lowest BCUT2D eigenvalue weighted by Gasteiger charge is -2.26. The lowest BCUT2D eigenvalue weighted by atomic mass is 9.90. The molecule has 2 aromatic rings. The van der Waals surface area contributed by atoms with Crippen molar-refractivity contribution in [2.24, 2.45) is 4.99 Å². The van der Waals surface area contributed by atoms with Crippen LogP contribution in [0.5, 0.6) is 0 Å². The maximum atomic E-state index is 12.0. The van der Waals surface area contributed by atoms with E-state index in [1.165, 1.54) is 0 Å². The monoisotopic (exact) mass is 394 g/mol. The number of hydrogen-bond acceptors (Lipinski definition) is 3. The smallest absolute Gasteiger partial charge is 0.225 e. The molecule has 0 saturated heterocycles. The highest BCUT2D eigenvalue weighted by molar-refractivity contribution is 5.94. The lowest BCUT2D eigenvalue weighted by Crippen LogP contribution is -2.40. The summed E-state index contributed by atoms with van der Waals surface area (Å²) in [6.07, 6.45) is 0.473. The van der Waals surface area contributed by atoms with Gasteiger partial charge in [-0.2, -0.15) is 0 Å². The number of nitrogens with zero attached hydrogens (tertiary/aromatic N) is 1. The molecule has 0 aliphatic carbocycles. The fourth-order valence-corrected chi connectivity index (χ4v) is 3.47. The van der Waals surface area contributed by atoms with Gasteiger partial charge in [0.05, 0.1) is 13.2 Å². The highest BCUT2D eigenvalue weighted by Gasteiger charge is 2.24. The second-order valence-corrected chi connectivity index (χ2v) is 7.02. The summed E-state index contributed by atoms with van der Waals surface area (Å²) in [6, 6.07) is 16.2. The summed E-state index contributed by atoms with van der Waals surface area (Å²) in [5.41, 5.74) is 4.38. The Morgan fingerprint density at radius 1 is 1.10 bits per heavy atom. The van der Waals surface area contributed by atoms with Crippen LogP contribution >= 0.6 is 0 Å². The molecular formula is C23H30N4O2. The molecule has 2 aromatic carbocycles. The summed E-state index contributed by atoms with van der Waals surface area (Å²) in [4.78, 5) is 16.8. The van der Waals surface area contributed by atoms with Crippen molar-refractivity contribution in [3.8, 4) is 0 Å². The molecule has 6 heteroatoms. The second-order valence-electron chi connectivity index (χ2n) is 7.02. The minimum atomic E-state index is 0.0577. The van der Waals surface area contributed by atoms with E-state index in [1.54, 1.807) is 0 Å². The number of benzene rings is 2. The first-order valence-electron chi connectivity index (χ1n) is 10.3. The van der Waals surface area contributed by atoms with Crippen molar-refractivity contribution in [3.05, 3.63) is 65.2 Å². The third-order valence-corrected chi connectivity index (χ3v) is 4.95.